The van der Waals surface area contributed by atoms with Crippen LogP contribution in [-0.4, -0.2) is 96.7 Å². The quantitative estimate of drug-likeness (QED) is 0.0222. The van der Waals surface area contributed by atoms with Crippen molar-refractivity contribution in [2.75, 3.05) is 39.6 Å². The summed E-state index contributed by atoms with van der Waals surface area (Å²) in [6.45, 7) is 7.15. The van der Waals surface area contributed by atoms with Gasteiger partial charge in [0.1, 0.15) is 19.3 Å². The molecule has 0 aliphatic rings. The molecule has 0 amide bonds. The number of rotatable bonds is 72. The smallest absolute Gasteiger partial charge is 0.462 e. The van der Waals surface area contributed by atoms with Crippen molar-refractivity contribution in [1.82, 2.24) is 0 Å². The summed E-state index contributed by atoms with van der Waals surface area (Å²) in [7, 11) is -9.89. The fraction of sp³-hybridized carbons (Fsp3) is 0.944. The van der Waals surface area contributed by atoms with Crippen molar-refractivity contribution < 1.29 is 80.2 Å². The predicted octanol–water partition coefficient (Wildman–Crippen LogP) is 20.9. The van der Waals surface area contributed by atoms with Gasteiger partial charge in [0.05, 0.1) is 26.4 Å². The van der Waals surface area contributed by atoms with Gasteiger partial charge in [-0.2, -0.15) is 0 Å². The van der Waals surface area contributed by atoms with Crippen LogP contribution in [0.5, 0.6) is 0 Å². The van der Waals surface area contributed by atoms with E-state index in [0.717, 1.165) is 102 Å². The Hall–Kier alpha value is -1.94. The van der Waals surface area contributed by atoms with E-state index in [2.05, 4.69) is 34.6 Å². The summed E-state index contributed by atoms with van der Waals surface area (Å²) in [5.41, 5.74) is 0. The van der Waals surface area contributed by atoms with Crippen molar-refractivity contribution in [2.45, 2.75) is 393 Å². The Morgan fingerprint density at radius 1 is 0.297 bits per heavy atom. The topological polar surface area (TPSA) is 237 Å². The molecule has 0 bridgehead atoms. The molecule has 19 heteroatoms. The van der Waals surface area contributed by atoms with Crippen LogP contribution in [0.15, 0.2) is 0 Å². The molecule has 0 spiro atoms. The Labute approximate surface area is 556 Å². The summed E-state index contributed by atoms with van der Waals surface area (Å²) in [5, 5.41) is 10.6. The first-order valence-corrected chi connectivity index (χ1v) is 40.6. The highest BCUT2D eigenvalue weighted by atomic mass is 31.2. The van der Waals surface area contributed by atoms with Crippen LogP contribution in [-0.2, 0) is 65.4 Å². The Kier molecular flexibility index (Phi) is 64.0. The van der Waals surface area contributed by atoms with Gasteiger partial charge in [-0.1, -0.05) is 324 Å². The summed E-state index contributed by atoms with van der Waals surface area (Å²) in [4.78, 5) is 72.3. The van der Waals surface area contributed by atoms with E-state index >= 15 is 0 Å². The van der Waals surface area contributed by atoms with Crippen LogP contribution >= 0.6 is 15.6 Å². The van der Waals surface area contributed by atoms with Gasteiger partial charge in [-0.05, 0) is 31.6 Å². The van der Waals surface area contributed by atoms with Crippen LogP contribution in [0, 0.1) is 5.92 Å². The highest BCUT2D eigenvalue weighted by molar-refractivity contribution is 7.47. The summed E-state index contributed by atoms with van der Waals surface area (Å²) in [6.07, 6.45) is 53.2. The number of unbranched alkanes of at least 4 members (excludes halogenated alkanes) is 44. The number of ether oxygens (including phenoxy) is 4. The normalized spacial score (nSPS) is 14.0. The molecule has 91 heavy (non-hydrogen) atoms. The van der Waals surface area contributed by atoms with E-state index in [-0.39, 0.29) is 25.7 Å². The van der Waals surface area contributed by atoms with Gasteiger partial charge in [0, 0.05) is 25.7 Å². The van der Waals surface area contributed by atoms with Gasteiger partial charge in [0.15, 0.2) is 12.2 Å². The van der Waals surface area contributed by atoms with Gasteiger partial charge in [-0.15, -0.1) is 0 Å². The molecule has 540 valence electrons. The second-order valence-electron chi connectivity index (χ2n) is 26.5. The molecule has 5 atom stereocenters. The molecular weight excluding hydrogens is 1200 g/mol. The van der Waals surface area contributed by atoms with Gasteiger partial charge in [0.2, 0.25) is 0 Å². The zero-order chi connectivity index (χ0) is 67.0. The Morgan fingerprint density at radius 3 is 0.747 bits per heavy atom. The third-order valence-corrected chi connectivity index (χ3v) is 18.7. The zero-order valence-electron chi connectivity index (χ0n) is 59.0. The van der Waals surface area contributed by atoms with Crippen LogP contribution in [0.2, 0.25) is 0 Å². The van der Waals surface area contributed by atoms with E-state index in [1.165, 1.54) is 193 Å². The molecule has 0 aliphatic carbocycles. The number of aliphatic hydroxyl groups is 1. The van der Waals surface area contributed by atoms with Crippen LogP contribution in [0.1, 0.15) is 375 Å². The number of phosphoric acid groups is 2. The van der Waals surface area contributed by atoms with E-state index < -0.39 is 97.5 Å². The van der Waals surface area contributed by atoms with Crippen molar-refractivity contribution in [2.24, 2.45) is 5.92 Å². The zero-order valence-corrected chi connectivity index (χ0v) is 60.8. The molecule has 0 aromatic rings. The third kappa shape index (κ3) is 66.5. The largest absolute Gasteiger partial charge is 0.472 e. The minimum Gasteiger partial charge on any atom is -0.462 e. The average molecular weight is 1340 g/mol. The number of carbonyl (C=O) groups excluding carboxylic acids is 4. The maximum atomic E-state index is 13.0. The van der Waals surface area contributed by atoms with Crippen LogP contribution in [0.4, 0.5) is 0 Å². The van der Waals surface area contributed by atoms with Gasteiger partial charge >= 0.3 is 39.5 Å². The lowest BCUT2D eigenvalue weighted by Crippen LogP contribution is -2.30. The molecule has 17 nitrogen and oxygen atoms in total. The summed E-state index contributed by atoms with van der Waals surface area (Å²) >= 11 is 0. The number of esters is 4. The lowest BCUT2D eigenvalue weighted by atomic mass is 10.0. The van der Waals surface area contributed by atoms with E-state index in [0.29, 0.717) is 25.7 Å². The first-order chi connectivity index (χ1) is 44.0. The van der Waals surface area contributed by atoms with Gasteiger partial charge < -0.3 is 33.8 Å². The highest BCUT2D eigenvalue weighted by Crippen LogP contribution is 2.45. The van der Waals surface area contributed by atoms with Crippen molar-refractivity contribution in [3.8, 4) is 0 Å². The fourth-order valence-corrected chi connectivity index (χ4v) is 12.6. The average Bonchev–Trinajstić information content (AvgIpc) is 3.09. The molecule has 0 radical (unpaired) electrons. The standard InChI is InChI=1S/C72H140O17P2/c1-6-9-12-15-17-19-21-23-25-26-27-28-29-30-32-34-38-42-47-52-57-71(76)89-68(62-83-70(75)56-51-46-41-37-33-31-24-22-20-18-16-13-10-7-2)64-87-91(80,81)85-60-66(73)59-84-90(78,79)86-63-67(61-82-69(74)55-50-44-14-11-8-3)88-72(77)58-53-48-43-39-35-36-40-45-49-54-65(4)5/h65-68,73H,6-64H2,1-5H3,(H,78,79)(H,80,81)/t66-,67+,68+/m0/s1. The minimum atomic E-state index is -4.95. The molecule has 2 unspecified atom stereocenters. The van der Waals surface area contributed by atoms with Crippen LogP contribution in [0.3, 0.4) is 0 Å². The lowest BCUT2D eigenvalue weighted by Gasteiger charge is -2.21. The van der Waals surface area contributed by atoms with Gasteiger partial charge in [0.25, 0.3) is 0 Å². The lowest BCUT2D eigenvalue weighted by molar-refractivity contribution is -0.161. The SMILES string of the molecule is CCCCCCCCCCCCCCCCCCCCCCC(=O)O[C@H](COC(=O)CCCCCCCCCCCCCCCC)COP(=O)(O)OC[C@@H](O)COP(=O)(O)OC[C@@H](COC(=O)CCCCCCC)OC(=O)CCCCCCCCCCCC(C)C. The summed E-state index contributed by atoms with van der Waals surface area (Å²) in [6, 6.07) is 0. The summed E-state index contributed by atoms with van der Waals surface area (Å²) in [5.74, 6) is -1.39. The van der Waals surface area contributed by atoms with Crippen molar-refractivity contribution in [3.05, 3.63) is 0 Å². The summed E-state index contributed by atoms with van der Waals surface area (Å²) < 4.78 is 68.1. The van der Waals surface area contributed by atoms with Crippen molar-refractivity contribution in [1.29, 1.82) is 0 Å². The molecule has 0 fully saturated rings. The molecule has 0 rings (SSSR count). The Bertz CT molecular complexity index is 1750. The fourth-order valence-electron chi connectivity index (χ4n) is 11.0. The van der Waals surface area contributed by atoms with E-state index in [9.17, 15) is 43.2 Å². The van der Waals surface area contributed by atoms with Crippen LogP contribution in [0.25, 0.3) is 0 Å². The molecule has 0 saturated carbocycles. The number of carbonyl (C=O) groups is 4. The first-order valence-electron chi connectivity index (χ1n) is 37.6. The van der Waals surface area contributed by atoms with Crippen LogP contribution < -0.4 is 0 Å². The molecule has 3 N–H and O–H groups in total. The minimum absolute atomic E-state index is 0.105. The molecule has 0 aromatic heterocycles. The molecule has 0 heterocycles. The Morgan fingerprint density at radius 2 is 0.505 bits per heavy atom. The second kappa shape index (κ2) is 65.4. The monoisotopic (exact) mass is 1340 g/mol. The highest BCUT2D eigenvalue weighted by Gasteiger charge is 2.30. The molecule has 0 aromatic carbocycles. The second-order valence-corrected chi connectivity index (χ2v) is 29.4. The van der Waals surface area contributed by atoms with E-state index in [4.69, 9.17) is 37.0 Å². The Balaban J connectivity index is 5.13. The predicted molar refractivity (Wildman–Crippen MR) is 368 cm³/mol. The third-order valence-electron chi connectivity index (χ3n) is 16.8. The maximum absolute atomic E-state index is 13.0. The molecular formula is C72H140O17P2. The molecule has 0 saturated heterocycles. The van der Waals surface area contributed by atoms with Crippen molar-refractivity contribution >= 4 is 39.5 Å². The number of aliphatic hydroxyl groups excluding tert-OH is 1. The first kappa shape index (κ1) is 89.1. The number of hydrogen-bond donors (Lipinski definition) is 3. The van der Waals surface area contributed by atoms with E-state index in [1.54, 1.807) is 0 Å². The van der Waals surface area contributed by atoms with Crippen molar-refractivity contribution in [3.63, 3.8) is 0 Å². The molecule has 0 aliphatic heterocycles. The maximum Gasteiger partial charge on any atom is 0.472 e. The van der Waals surface area contributed by atoms with Gasteiger partial charge in [-0.3, -0.25) is 37.3 Å². The van der Waals surface area contributed by atoms with Gasteiger partial charge in [-0.25, -0.2) is 9.13 Å². The van der Waals surface area contributed by atoms with E-state index in [1.807, 2.05) is 0 Å². The number of hydrogen-bond acceptors (Lipinski definition) is 15. The number of phosphoric ester groups is 2.